The average molecular weight is 455 g/mol. The standard InChI is InChI=1S/C23H26N4O4S/c1-2-17-6-8-18(9-7-17)16-21-25-26-23(31-21)24-22(28)19-10-12-20(13-11-19)32(29,30)27-14-4-3-5-15-27/h6-13H,2-5,14-16H2,1H3,(H,24,26,28). The van der Waals surface area contributed by atoms with Gasteiger partial charge < -0.3 is 4.42 Å². The van der Waals surface area contributed by atoms with Crippen molar-refractivity contribution in [1.29, 1.82) is 0 Å². The van der Waals surface area contributed by atoms with Crippen molar-refractivity contribution in [1.82, 2.24) is 14.5 Å². The molecular formula is C23H26N4O4S. The number of carbonyl (C=O) groups excluding carboxylic acids is 1. The van der Waals surface area contributed by atoms with Gasteiger partial charge in [0.25, 0.3) is 5.91 Å². The number of nitrogens with zero attached hydrogens (tertiary/aromatic N) is 3. The fourth-order valence-corrected chi connectivity index (χ4v) is 5.16. The first-order valence-corrected chi connectivity index (χ1v) is 12.2. The van der Waals surface area contributed by atoms with Crippen LogP contribution in [0.4, 0.5) is 6.01 Å². The number of sulfonamides is 1. The Bertz CT molecular complexity index is 1170. The van der Waals surface area contributed by atoms with Crippen molar-refractivity contribution >= 4 is 21.9 Å². The number of aromatic nitrogens is 2. The fraction of sp³-hybridized carbons (Fsp3) is 0.348. The van der Waals surface area contributed by atoms with Gasteiger partial charge in [0.1, 0.15) is 0 Å². The molecule has 1 aromatic heterocycles. The Morgan fingerprint density at radius 3 is 2.28 bits per heavy atom. The quantitative estimate of drug-likeness (QED) is 0.584. The first-order chi connectivity index (χ1) is 15.5. The molecule has 8 nitrogen and oxygen atoms in total. The molecule has 1 saturated heterocycles. The molecule has 1 fully saturated rings. The zero-order chi connectivity index (χ0) is 22.6. The normalized spacial score (nSPS) is 14.9. The van der Waals surface area contributed by atoms with E-state index in [4.69, 9.17) is 4.42 Å². The molecule has 2 heterocycles. The Labute approximate surface area is 187 Å². The zero-order valence-corrected chi connectivity index (χ0v) is 18.8. The molecule has 0 atom stereocenters. The van der Waals surface area contributed by atoms with Gasteiger partial charge in [-0.2, -0.15) is 4.31 Å². The van der Waals surface area contributed by atoms with Crippen molar-refractivity contribution in [2.45, 2.75) is 43.9 Å². The van der Waals surface area contributed by atoms with Crippen LogP contribution < -0.4 is 5.32 Å². The first-order valence-electron chi connectivity index (χ1n) is 10.8. The van der Waals surface area contributed by atoms with E-state index >= 15 is 0 Å². The SMILES string of the molecule is CCc1ccc(Cc2nnc(NC(=O)c3ccc(S(=O)(=O)N4CCCCC4)cc3)o2)cc1. The van der Waals surface area contributed by atoms with Crippen LogP contribution in [0.2, 0.25) is 0 Å². The summed E-state index contributed by atoms with van der Waals surface area (Å²) >= 11 is 0. The number of anilines is 1. The molecule has 0 bridgehead atoms. The smallest absolute Gasteiger partial charge is 0.322 e. The van der Waals surface area contributed by atoms with E-state index in [0.29, 0.717) is 31.0 Å². The molecule has 32 heavy (non-hydrogen) atoms. The molecule has 1 amide bonds. The third-order valence-corrected chi connectivity index (χ3v) is 7.46. The Morgan fingerprint density at radius 2 is 1.62 bits per heavy atom. The predicted molar refractivity (Wildman–Crippen MR) is 120 cm³/mol. The molecule has 4 rings (SSSR count). The number of hydrogen-bond acceptors (Lipinski definition) is 6. The van der Waals surface area contributed by atoms with Gasteiger partial charge in [0.2, 0.25) is 15.9 Å². The maximum absolute atomic E-state index is 12.7. The second-order valence-corrected chi connectivity index (χ2v) is 9.73. The maximum Gasteiger partial charge on any atom is 0.322 e. The summed E-state index contributed by atoms with van der Waals surface area (Å²) in [5.74, 6) is -0.0538. The van der Waals surface area contributed by atoms with E-state index in [9.17, 15) is 13.2 Å². The molecule has 1 aliphatic heterocycles. The second-order valence-electron chi connectivity index (χ2n) is 7.79. The van der Waals surface area contributed by atoms with E-state index in [0.717, 1.165) is 31.2 Å². The molecular weight excluding hydrogens is 428 g/mol. The lowest BCUT2D eigenvalue weighted by molar-refractivity contribution is 0.102. The summed E-state index contributed by atoms with van der Waals surface area (Å²) in [6, 6.07) is 14.0. The molecule has 0 unspecified atom stereocenters. The van der Waals surface area contributed by atoms with Crippen LogP contribution in [0, 0.1) is 0 Å². The first kappa shape index (κ1) is 22.2. The number of nitrogens with one attached hydrogen (secondary N) is 1. The van der Waals surface area contributed by atoms with Crippen molar-refractivity contribution in [3.63, 3.8) is 0 Å². The third-order valence-electron chi connectivity index (χ3n) is 5.54. The number of amides is 1. The van der Waals surface area contributed by atoms with E-state index in [1.165, 1.54) is 34.1 Å². The summed E-state index contributed by atoms with van der Waals surface area (Å²) in [6.45, 7) is 3.17. The van der Waals surface area contributed by atoms with Gasteiger partial charge in [0.05, 0.1) is 11.3 Å². The van der Waals surface area contributed by atoms with Crippen LogP contribution in [0.5, 0.6) is 0 Å². The van der Waals surface area contributed by atoms with Crippen molar-refractivity contribution in [2.75, 3.05) is 18.4 Å². The molecule has 2 aromatic carbocycles. The third kappa shape index (κ3) is 5.05. The summed E-state index contributed by atoms with van der Waals surface area (Å²) in [7, 11) is -3.53. The molecule has 3 aromatic rings. The molecule has 0 aliphatic carbocycles. The van der Waals surface area contributed by atoms with Crippen LogP contribution in [-0.2, 0) is 22.9 Å². The molecule has 168 valence electrons. The maximum atomic E-state index is 12.7. The van der Waals surface area contributed by atoms with Gasteiger partial charge in [-0.05, 0) is 54.7 Å². The topological polar surface area (TPSA) is 105 Å². The van der Waals surface area contributed by atoms with Crippen molar-refractivity contribution in [3.8, 4) is 0 Å². The number of aryl methyl sites for hydroxylation is 1. The number of carbonyl (C=O) groups is 1. The highest BCUT2D eigenvalue weighted by Gasteiger charge is 2.26. The monoisotopic (exact) mass is 454 g/mol. The molecule has 1 N–H and O–H groups in total. The van der Waals surface area contributed by atoms with E-state index < -0.39 is 15.9 Å². The number of piperidine rings is 1. The number of rotatable bonds is 7. The minimum absolute atomic E-state index is 0.000179. The lowest BCUT2D eigenvalue weighted by Crippen LogP contribution is -2.35. The lowest BCUT2D eigenvalue weighted by Gasteiger charge is -2.25. The summed E-state index contributed by atoms with van der Waals surface area (Å²) in [5, 5.41) is 10.4. The molecule has 0 saturated carbocycles. The lowest BCUT2D eigenvalue weighted by atomic mass is 10.1. The minimum atomic E-state index is -3.53. The minimum Gasteiger partial charge on any atom is -0.407 e. The summed E-state index contributed by atoms with van der Waals surface area (Å²) in [4.78, 5) is 12.7. The van der Waals surface area contributed by atoms with Crippen molar-refractivity contribution in [2.24, 2.45) is 0 Å². The van der Waals surface area contributed by atoms with Gasteiger partial charge in [-0.15, -0.1) is 5.10 Å². The van der Waals surface area contributed by atoms with E-state index in [-0.39, 0.29) is 10.9 Å². The highest BCUT2D eigenvalue weighted by atomic mass is 32.2. The largest absolute Gasteiger partial charge is 0.407 e. The van der Waals surface area contributed by atoms with Crippen LogP contribution in [0.15, 0.2) is 57.8 Å². The van der Waals surface area contributed by atoms with Crippen LogP contribution in [0.1, 0.15) is 53.6 Å². The van der Waals surface area contributed by atoms with Crippen LogP contribution in [0.25, 0.3) is 0 Å². The van der Waals surface area contributed by atoms with Gasteiger partial charge in [-0.1, -0.05) is 42.7 Å². The van der Waals surface area contributed by atoms with Crippen molar-refractivity contribution in [3.05, 3.63) is 71.1 Å². The second kappa shape index (κ2) is 9.62. The highest BCUT2D eigenvalue weighted by Crippen LogP contribution is 2.21. The van der Waals surface area contributed by atoms with Crippen LogP contribution in [0.3, 0.4) is 0 Å². The molecule has 1 aliphatic rings. The fourth-order valence-electron chi connectivity index (χ4n) is 3.64. The highest BCUT2D eigenvalue weighted by molar-refractivity contribution is 7.89. The summed E-state index contributed by atoms with van der Waals surface area (Å²) in [5.41, 5.74) is 2.59. The average Bonchev–Trinajstić information content (AvgIpc) is 3.26. The molecule has 0 spiro atoms. The van der Waals surface area contributed by atoms with Gasteiger partial charge in [0, 0.05) is 18.7 Å². The Morgan fingerprint density at radius 1 is 0.969 bits per heavy atom. The van der Waals surface area contributed by atoms with Crippen LogP contribution in [-0.4, -0.2) is 41.9 Å². The van der Waals surface area contributed by atoms with Gasteiger partial charge in [-0.25, -0.2) is 8.42 Å². The predicted octanol–water partition coefficient (Wildman–Crippen LogP) is 3.65. The van der Waals surface area contributed by atoms with E-state index in [1.54, 1.807) is 0 Å². The Balaban J connectivity index is 1.38. The van der Waals surface area contributed by atoms with Gasteiger partial charge in [0.15, 0.2) is 0 Å². The van der Waals surface area contributed by atoms with Gasteiger partial charge in [-0.3, -0.25) is 10.1 Å². The summed E-state index contributed by atoms with van der Waals surface area (Å²) < 4.78 is 32.5. The number of hydrogen-bond donors (Lipinski definition) is 1. The van der Waals surface area contributed by atoms with Crippen molar-refractivity contribution < 1.29 is 17.6 Å². The van der Waals surface area contributed by atoms with Crippen LogP contribution >= 0.6 is 0 Å². The van der Waals surface area contributed by atoms with E-state index in [2.05, 4.69) is 34.6 Å². The zero-order valence-electron chi connectivity index (χ0n) is 18.0. The van der Waals surface area contributed by atoms with Gasteiger partial charge >= 0.3 is 6.01 Å². The van der Waals surface area contributed by atoms with E-state index in [1.807, 2.05) is 12.1 Å². The Hall–Kier alpha value is -3.04. The number of benzene rings is 2. The summed E-state index contributed by atoms with van der Waals surface area (Å²) in [6.07, 6.45) is 4.23. The molecule has 0 radical (unpaired) electrons. The molecule has 9 heteroatoms. The Kier molecular flexibility index (Phi) is 6.66.